The van der Waals surface area contributed by atoms with Crippen molar-refractivity contribution >= 4 is 5.91 Å². The van der Waals surface area contributed by atoms with Crippen LogP contribution in [-0.4, -0.2) is 12.5 Å². The number of hydrogen-bond acceptors (Lipinski definition) is 3. The summed E-state index contributed by atoms with van der Waals surface area (Å²) in [7, 11) is 0. The molecule has 1 amide bonds. The first-order chi connectivity index (χ1) is 14.2. The second kappa shape index (κ2) is 9.10. The van der Waals surface area contributed by atoms with Gasteiger partial charge in [0.2, 0.25) is 5.91 Å². The van der Waals surface area contributed by atoms with Crippen molar-refractivity contribution in [3.63, 3.8) is 0 Å². The van der Waals surface area contributed by atoms with Crippen LogP contribution in [0.15, 0.2) is 71.3 Å². The maximum absolute atomic E-state index is 12.6. The molecule has 150 valence electrons. The molecular weight excluding hydrogens is 360 g/mol. The van der Waals surface area contributed by atoms with E-state index in [9.17, 15) is 4.79 Å². The van der Waals surface area contributed by atoms with Gasteiger partial charge in [0.05, 0.1) is 24.9 Å². The van der Waals surface area contributed by atoms with Crippen LogP contribution < -0.4 is 10.6 Å². The Hall–Kier alpha value is -2.85. The molecule has 1 heterocycles. The van der Waals surface area contributed by atoms with Crippen LogP contribution in [-0.2, 0) is 17.6 Å². The maximum Gasteiger partial charge on any atom is 0.234 e. The van der Waals surface area contributed by atoms with Gasteiger partial charge in [0.1, 0.15) is 5.76 Å². The van der Waals surface area contributed by atoms with Crippen molar-refractivity contribution in [2.75, 3.05) is 6.54 Å². The number of aryl methyl sites for hydroxylation is 2. The highest BCUT2D eigenvalue weighted by Gasteiger charge is 2.19. The van der Waals surface area contributed by atoms with E-state index in [0.717, 1.165) is 17.7 Å². The summed E-state index contributed by atoms with van der Waals surface area (Å²) in [4.78, 5) is 12.6. The molecule has 0 saturated heterocycles. The van der Waals surface area contributed by atoms with Gasteiger partial charge in [-0.1, -0.05) is 48.5 Å². The number of amides is 1. The second-order valence-corrected chi connectivity index (χ2v) is 7.76. The van der Waals surface area contributed by atoms with Gasteiger partial charge in [-0.05, 0) is 67.0 Å². The number of nitrogens with one attached hydrogen (secondary N) is 2. The fourth-order valence-corrected chi connectivity index (χ4v) is 4.08. The number of carbonyl (C=O) groups is 1. The van der Waals surface area contributed by atoms with Gasteiger partial charge >= 0.3 is 0 Å². The molecule has 1 aliphatic rings. The van der Waals surface area contributed by atoms with Crippen LogP contribution in [0.2, 0.25) is 0 Å². The third-order valence-corrected chi connectivity index (χ3v) is 5.68. The zero-order chi connectivity index (χ0) is 20.1. The first-order valence-corrected chi connectivity index (χ1v) is 10.4. The van der Waals surface area contributed by atoms with E-state index < -0.39 is 0 Å². The molecule has 0 saturated carbocycles. The standard InChI is InChI=1S/C25H28N2O2/c1-18(21-14-13-19-8-5-6-11-22(19)16-21)27-24(28)17-26-25(23-12-7-15-29-23)20-9-3-2-4-10-20/h2-4,7,9-10,12-16,18,25-26H,5-6,8,11,17H2,1H3,(H,27,28)/t18-,25-/m0/s1. The topological polar surface area (TPSA) is 54.3 Å². The average molecular weight is 389 g/mol. The lowest BCUT2D eigenvalue weighted by Gasteiger charge is -2.21. The predicted molar refractivity (Wildman–Crippen MR) is 115 cm³/mol. The molecule has 0 bridgehead atoms. The molecule has 0 spiro atoms. The minimum Gasteiger partial charge on any atom is -0.467 e. The zero-order valence-corrected chi connectivity index (χ0v) is 16.9. The maximum atomic E-state index is 12.6. The Morgan fingerprint density at radius 1 is 0.966 bits per heavy atom. The fraction of sp³-hybridized carbons (Fsp3) is 0.320. The highest BCUT2D eigenvalue weighted by molar-refractivity contribution is 5.78. The highest BCUT2D eigenvalue weighted by Crippen LogP contribution is 2.25. The fourth-order valence-electron chi connectivity index (χ4n) is 4.08. The lowest BCUT2D eigenvalue weighted by atomic mass is 9.89. The molecule has 0 aliphatic heterocycles. The van der Waals surface area contributed by atoms with Crippen LogP contribution in [0.3, 0.4) is 0 Å². The van der Waals surface area contributed by atoms with Gasteiger partial charge in [-0.3, -0.25) is 10.1 Å². The van der Waals surface area contributed by atoms with E-state index in [1.165, 1.54) is 36.0 Å². The highest BCUT2D eigenvalue weighted by atomic mass is 16.3. The van der Waals surface area contributed by atoms with Crippen molar-refractivity contribution in [3.05, 3.63) is 94.9 Å². The number of benzene rings is 2. The number of furan rings is 1. The molecule has 29 heavy (non-hydrogen) atoms. The van der Waals surface area contributed by atoms with Crippen LogP contribution in [0.4, 0.5) is 0 Å². The Kier molecular flexibility index (Phi) is 6.11. The van der Waals surface area contributed by atoms with Gasteiger partial charge < -0.3 is 9.73 Å². The predicted octanol–water partition coefficient (Wildman–Crippen LogP) is 4.71. The molecule has 0 unspecified atom stereocenters. The molecule has 2 aromatic carbocycles. The van der Waals surface area contributed by atoms with Crippen LogP contribution in [0.1, 0.15) is 59.9 Å². The first-order valence-electron chi connectivity index (χ1n) is 10.4. The van der Waals surface area contributed by atoms with E-state index in [-0.39, 0.29) is 24.5 Å². The molecule has 4 heteroatoms. The molecule has 1 aromatic heterocycles. The molecule has 0 fully saturated rings. The third kappa shape index (κ3) is 4.77. The van der Waals surface area contributed by atoms with Crippen molar-refractivity contribution in [2.24, 2.45) is 0 Å². The summed E-state index contributed by atoms with van der Waals surface area (Å²) in [5.74, 6) is 0.773. The summed E-state index contributed by atoms with van der Waals surface area (Å²) >= 11 is 0. The van der Waals surface area contributed by atoms with E-state index in [0.29, 0.717) is 0 Å². The summed E-state index contributed by atoms with van der Waals surface area (Å²) in [6.45, 7) is 2.26. The van der Waals surface area contributed by atoms with Gasteiger partial charge in [-0.15, -0.1) is 0 Å². The van der Waals surface area contributed by atoms with Gasteiger partial charge in [-0.25, -0.2) is 0 Å². The molecular formula is C25H28N2O2. The van der Waals surface area contributed by atoms with Crippen LogP contribution in [0, 0.1) is 0 Å². The van der Waals surface area contributed by atoms with Crippen molar-refractivity contribution in [1.82, 2.24) is 10.6 Å². The lowest BCUT2D eigenvalue weighted by molar-refractivity contribution is -0.121. The van der Waals surface area contributed by atoms with Gasteiger partial charge in [-0.2, -0.15) is 0 Å². The number of hydrogen-bond donors (Lipinski definition) is 2. The van der Waals surface area contributed by atoms with Crippen molar-refractivity contribution in [3.8, 4) is 0 Å². The van der Waals surface area contributed by atoms with Crippen LogP contribution in [0.25, 0.3) is 0 Å². The molecule has 1 aliphatic carbocycles. The first kappa shape index (κ1) is 19.5. The van der Waals surface area contributed by atoms with E-state index in [1.54, 1.807) is 6.26 Å². The smallest absolute Gasteiger partial charge is 0.234 e. The molecule has 2 atom stereocenters. The summed E-state index contributed by atoms with van der Waals surface area (Å²) in [6.07, 6.45) is 6.52. The monoisotopic (exact) mass is 388 g/mol. The van der Waals surface area contributed by atoms with E-state index in [2.05, 4.69) is 28.8 Å². The molecule has 4 nitrogen and oxygen atoms in total. The zero-order valence-electron chi connectivity index (χ0n) is 16.9. The van der Waals surface area contributed by atoms with E-state index in [1.807, 2.05) is 49.4 Å². The molecule has 3 aromatic rings. The van der Waals surface area contributed by atoms with Gasteiger partial charge in [0, 0.05) is 0 Å². The van der Waals surface area contributed by atoms with Crippen LogP contribution >= 0.6 is 0 Å². The summed E-state index contributed by atoms with van der Waals surface area (Å²) < 4.78 is 5.59. The number of rotatable bonds is 7. The molecule has 0 radical (unpaired) electrons. The Morgan fingerprint density at radius 3 is 2.52 bits per heavy atom. The summed E-state index contributed by atoms with van der Waals surface area (Å²) in [5.41, 5.74) is 5.14. The Morgan fingerprint density at radius 2 is 1.76 bits per heavy atom. The average Bonchev–Trinajstić information content (AvgIpc) is 3.29. The molecule has 2 N–H and O–H groups in total. The van der Waals surface area contributed by atoms with E-state index in [4.69, 9.17) is 4.42 Å². The third-order valence-electron chi connectivity index (χ3n) is 5.68. The quantitative estimate of drug-likeness (QED) is 0.616. The van der Waals surface area contributed by atoms with Crippen molar-refractivity contribution in [2.45, 2.75) is 44.7 Å². The van der Waals surface area contributed by atoms with E-state index >= 15 is 0 Å². The Labute approximate surface area is 172 Å². The second-order valence-electron chi connectivity index (χ2n) is 7.76. The summed E-state index contributed by atoms with van der Waals surface area (Å²) in [6, 6.07) is 20.3. The number of carbonyl (C=O) groups excluding carboxylic acids is 1. The van der Waals surface area contributed by atoms with Crippen LogP contribution in [0.5, 0.6) is 0 Å². The minimum absolute atomic E-state index is 0.0182. The summed E-state index contributed by atoms with van der Waals surface area (Å²) in [5, 5.41) is 6.46. The lowest BCUT2D eigenvalue weighted by Crippen LogP contribution is -2.37. The van der Waals surface area contributed by atoms with Crippen molar-refractivity contribution < 1.29 is 9.21 Å². The SMILES string of the molecule is C[C@H](NC(=O)CN[C@@H](c1ccccc1)c1ccco1)c1ccc2c(c1)CCCC2. The van der Waals surface area contributed by atoms with Gasteiger partial charge in [0.15, 0.2) is 0 Å². The molecule has 4 rings (SSSR count). The normalized spacial score (nSPS) is 15.3. The van der Waals surface area contributed by atoms with Crippen molar-refractivity contribution in [1.29, 1.82) is 0 Å². The minimum atomic E-state index is -0.156. The Bertz CT molecular complexity index is 935. The van der Waals surface area contributed by atoms with Gasteiger partial charge in [0.25, 0.3) is 0 Å². The largest absolute Gasteiger partial charge is 0.467 e. The number of fused-ring (bicyclic) bond motifs is 1. The Balaban J connectivity index is 1.38.